The molecule has 2 aromatic carbocycles. The van der Waals surface area contributed by atoms with Gasteiger partial charge < -0.3 is 0 Å². The second-order valence-corrected chi connectivity index (χ2v) is 5.47. The third kappa shape index (κ3) is 2.73. The minimum Gasteiger partial charge on any atom is -0.267 e. The van der Waals surface area contributed by atoms with Gasteiger partial charge in [-0.3, -0.25) is 15.0 Å². The van der Waals surface area contributed by atoms with E-state index in [1.54, 1.807) is 36.4 Å². The highest BCUT2D eigenvalue weighted by Crippen LogP contribution is 2.22. The molecule has 0 bridgehead atoms. The summed E-state index contributed by atoms with van der Waals surface area (Å²) in [7, 11) is 0. The Balaban J connectivity index is 1.93. The van der Waals surface area contributed by atoms with Gasteiger partial charge in [0.2, 0.25) is 0 Å². The fourth-order valence-electron chi connectivity index (χ4n) is 2.23. The zero-order valence-electron chi connectivity index (χ0n) is 11.8. The summed E-state index contributed by atoms with van der Waals surface area (Å²) < 4.78 is 0. The molecule has 1 aliphatic heterocycles. The monoisotopic (exact) mass is 312 g/mol. The quantitative estimate of drug-likeness (QED) is 0.684. The van der Waals surface area contributed by atoms with Crippen molar-refractivity contribution in [2.75, 3.05) is 5.01 Å². The Hall–Kier alpha value is -2.59. The molecule has 0 spiro atoms. The van der Waals surface area contributed by atoms with Crippen molar-refractivity contribution in [2.24, 2.45) is 0 Å². The van der Waals surface area contributed by atoms with E-state index in [2.05, 4.69) is 5.43 Å². The van der Waals surface area contributed by atoms with Gasteiger partial charge in [-0.2, -0.15) is 0 Å². The maximum Gasteiger partial charge on any atom is 0.282 e. The Bertz CT molecular complexity index is 782. The molecular formula is C17H13ClN2O2. The molecule has 5 heteroatoms. The summed E-state index contributed by atoms with van der Waals surface area (Å²) >= 11 is 5.83. The number of rotatable bonds is 2. The van der Waals surface area contributed by atoms with Crippen molar-refractivity contribution in [3.63, 3.8) is 0 Å². The molecule has 1 heterocycles. The number of hydrogen-bond donors (Lipinski definition) is 1. The van der Waals surface area contributed by atoms with Crippen molar-refractivity contribution in [3.05, 3.63) is 70.3 Å². The molecule has 1 N–H and O–H groups in total. The molecule has 1 saturated heterocycles. The Morgan fingerprint density at radius 3 is 2.50 bits per heavy atom. The van der Waals surface area contributed by atoms with Crippen molar-refractivity contribution < 1.29 is 9.59 Å². The van der Waals surface area contributed by atoms with Gasteiger partial charge in [0, 0.05) is 5.02 Å². The number of halogens is 1. The summed E-state index contributed by atoms with van der Waals surface area (Å²) in [6.45, 7) is 1.93. The summed E-state index contributed by atoms with van der Waals surface area (Å²) in [5, 5.41) is 1.86. The summed E-state index contributed by atoms with van der Waals surface area (Å²) in [6.07, 6.45) is 1.56. The number of benzene rings is 2. The van der Waals surface area contributed by atoms with Crippen LogP contribution in [0.2, 0.25) is 5.02 Å². The van der Waals surface area contributed by atoms with E-state index in [4.69, 9.17) is 11.6 Å². The van der Waals surface area contributed by atoms with Crippen LogP contribution in [0.25, 0.3) is 6.08 Å². The van der Waals surface area contributed by atoms with Crippen LogP contribution in [0.1, 0.15) is 11.1 Å². The van der Waals surface area contributed by atoms with Gasteiger partial charge in [0.25, 0.3) is 11.8 Å². The number of carbonyl (C=O) groups excluding carboxylic acids is 2. The zero-order chi connectivity index (χ0) is 15.7. The molecule has 0 unspecified atom stereocenters. The highest BCUT2D eigenvalue weighted by atomic mass is 35.5. The number of amides is 2. The van der Waals surface area contributed by atoms with Crippen molar-refractivity contribution in [2.45, 2.75) is 6.92 Å². The van der Waals surface area contributed by atoms with Crippen LogP contribution >= 0.6 is 11.6 Å². The fourth-order valence-corrected chi connectivity index (χ4v) is 2.36. The number of hydrazine groups is 1. The van der Waals surface area contributed by atoms with Crippen LogP contribution in [0.15, 0.2) is 54.1 Å². The first-order valence-corrected chi connectivity index (χ1v) is 7.12. The normalized spacial score (nSPS) is 16.3. The van der Waals surface area contributed by atoms with Crippen LogP contribution in [-0.2, 0) is 9.59 Å². The van der Waals surface area contributed by atoms with Gasteiger partial charge in [0.05, 0.1) is 5.69 Å². The van der Waals surface area contributed by atoms with E-state index in [0.717, 1.165) is 11.1 Å². The molecule has 0 aromatic heterocycles. The predicted octanol–water partition coefficient (Wildman–Crippen LogP) is 3.11. The zero-order valence-corrected chi connectivity index (χ0v) is 12.6. The topological polar surface area (TPSA) is 49.4 Å². The molecule has 0 atom stereocenters. The smallest absolute Gasteiger partial charge is 0.267 e. The van der Waals surface area contributed by atoms with Crippen LogP contribution in [0.3, 0.4) is 0 Å². The van der Waals surface area contributed by atoms with E-state index < -0.39 is 5.91 Å². The Morgan fingerprint density at radius 2 is 1.82 bits per heavy atom. The van der Waals surface area contributed by atoms with Crippen LogP contribution in [0.4, 0.5) is 5.69 Å². The summed E-state index contributed by atoms with van der Waals surface area (Å²) in [6, 6.07) is 14.3. The van der Waals surface area contributed by atoms with Gasteiger partial charge in [0.1, 0.15) is 5.57 Å². The van der Waals surface area contributed by atoms with Gasteiger partial charge in [-0.05, 0) is 48.4 Å². The average Bonchev–Trinajstić information content (AvgIpc) is 2.77. The Kier molecular flexibility index (Phi) is 3.69. The fraction of sp³-hybridized carbons (Fsp3) is 0.0588. The minimum absolute atomic E-state index is 0.101. The first-order valence-electron chi connectivity index (χ1n) is 6.74. The molecule has 4 nitrogen and oxygen atoms in total. The van der Waals surface area contributed by atoms with Crippen molar-refractivity contribution >= 4 is 35.2 Å². The molecular weight excluding hydrogens is 300 g/mol. The second-order valence-electron chi connectivity index (χ2n) is 5.03. The molecule has 3 rings (SSSR count). The third-order valence-corrected chi connectivity index (χ3v) is 3.58. The number of anilines is 1. The SMILES string of the molecule is Cc1cccc(N2NC(=O)/C(=C/c3ccc(Cl)cc3)C2=O)c1. The van der Waals surface area contributed by atoms with Crippen molar-refractivity contribution in [1.29, 1.82) is 0 Å². The molecule has 0 saturated carbocycles. The lowest BCUT2D eigenvalue weighted by Crippen LogP contribution is -2.35. The maximum absolute atomic E-state index is 12.4. The molecule has 0 radical (unpaired) electrons. The van der Waals surface area contributed by atoms with Crippen LogP contribution in [0.5, 0.6) is 0 Å². The molecule has 1 fully saturated rings. The van der Waals surface area contributed by atoms with Gasteiger partial charge in [-0.15, -0.1) is 0 Å². The number of hydrogen-bond acceptors (Lipinski definition) is 2. The van der Waals surface area contributed by atoms with Gasteiger partial charge in [0.15, 0.2) is 0 Å². The van der Waals surface area contributed by atoms with Gasteiger partial charge in [-0.25, -0.2) is 5.01 Å². The first-order chi connectivity index (χ1) is 10.5. The van der Waals surface area contributed by atoms with Crippen molar-refractivity contribution in [3.8, 4) is 0 Å². The number of nitrogens with zero attached hydrogens (tertiary/aromatic N) is 1. The highest BCUT2D eigenvalue weighted by molar-refractivity contribution is 6.32. The first kappa shape index (κ1) is 14.4. The van der Waals surface area contributed by atoms with E-state index in [0.29, 0.717) is 10.7 Å². The Morgan fingerprint density at radius 1 is 1.09 bits per heavy atom. The van der Waals surface area contributed by atoms with E-state index in [-0.39, 0.29) is 11.5 Å². The largest absolute Gasteiger partial charge is 0.282 e. The summed E-state index contributed by atoms with van der Waals surface area (Å²) in [4.78, 5) is 24.5. The molecule has 2 aromatic rings. The van der Waals surface area contributed by atoms with Crippen LogP contribution in [0, 0.1) is 6.92 Å². The van der Waals surface area contributed by atoms with E-state index in [9.17, 15) is 9.59 Å². The minimum atomic E-state index is -0.415. The van der Waals surface area contributed by atoms with Gasteiger partial charge >= 0.3 is 0 Å². The second kappa shape index (κ2) is 5.66. The number of carbonyl (C=O) groups is 2. The van der Waals surface area contributed by atoms with E-state index >= 15 is 0 Å². The lowest BCUT2D eigenvalue weighted by Gasteiger charge is -2.14. The third-order valence-electron chi connectivity index (χ3n) is 3.33. The lowest BCUT2D eigenvalue weighted by atomic mass is 10.1. The predicted molar refractivity (Wildman–Crippen MR) is 86.2 cm³/mol. The standard InChI is InChI=1S/C17H13ClN2O2/c1-11-3-2-4-14(9-11)20-17(22)15(16(21)19-20)10-12-5-7-13(18)8-6-12/h2-10H,1H3,(H,19,21)/b15-10-. The van der Waals surface area contributed by atoms with Gasteiger partial charge in [-0.1, -0.05) is 35.9 Å². The molecule has 110 valence electrons. The molecule has 2 amide bonds. The van der Waals surface area contributed by atoms with Crippen molar-refractivity contribution in [1.82, 2.24) is 5.43 Å². The number of nitrogens with one attached hydrogen (secondary N) is 1. The number of aryl methyl sites for hydroxylation is 1. The molecule has 0 aliphatic carbocycles. The maximum atomic E-state index is 12.4. The molecule has 22 heavy (non-hydrogen) atoms. The van der Waals surface area contributed by atoms with E-state index in [1.165, 1.54) is 5.01 Å². The van der Waals surface area contributed by atoms with E-state index in [1.807, 2.05) is 25.1 Å². The lowest BCUT2D eigenvalue weighted by molar-refractivity contribution is -0.117. The highest BCUT2D eigenvalue weighted by Gasteiger charge is 2.34. The summed E-state index contributed by atoms with van der Waals surface area (Å²) in [5.74, 6) is -0.785. The van der Waals surface area contributed by atoms with Crippen LogP contribution in [-0.4, -0.2) is 11.8 Å². The summed E-state index contributed by atoms with van der Waals surface area (Å²) in [5.41, 5.74) is 5.07. The Labute approximate surface area is 133 Å². The average molecular weight is 313 g/mol. The van der Waals surface area contributed by atoms with Crippen LogP contribution < -0.4 is 10.4 Å². The molecule has 1 aliphatic rings.